The second kappa shape index (κ2) is 3.40. The maximum absolute atomic E-state index is 13.0. The molecule has 1 aromatic rings. The summed E-state index contributed by atoms with van der Waals surface area (Å²) < 4.78 is 26.8. The van der Waals surface area contributed by atoms with Crippen LogP contribution in [0, 0.1) is 6.92 Å². The van der Waals surface area contributed by atoms with Crippen LogP contribution >= 0.6 is 27.3 Å². The topological polar surface area (TPSA) is 26.0 Å². The molecule has 0 saturated carbocycles. The fourth-order valence-electron chi connectivity index (χ4n) is 0.919. The number of hydrogen-bond acceptors (Lipinski definition) is 2. The quantitative estimate of drug-likeness (QED) is 0.865. The van der Waals surface area contributed by atoms with Crippen LogP contribution in [0.3, 0.4) is 0 Å². The van der Waals surface area contributed by atoms with Crippen molar-refractivity contribution in [3.8, 4) is 0 Å². The molecule has 0 aliphatic carbocycles. The molecule has 0 aliphatic rings. The van der Waals surface area contributed by atoms with Gasteiger partial charge < -0.3 is 5.73 Å². The van der Waals surface area contributed by atoms with Crippen LogP contribution in [0.15, 0.2) is 9.85 Å². The Morgan fingerprint density at radius 3 is 2.58 bits per heavy atom. The monoisotopic (exact) mass is 255 g/mol. The summed E-state index contributed by atoms with van der Waals surface area (Å²) in [5.41, 5.74) is 4.99. The van der Waals surface area contributed by atoms with Gasteiger partial charge in [0, 0.05) is 10.4 Å². The lowest BCUT2D eigenvalue weighted by atomic mass is 10.1. The van der Waals surface area contributed by atoms with E-state index in [-0.39, 0.29) is 5.56 Å². The predicted octanol–water partition coefficient (Wildman–Crippen LogP) is 2.87. The first-order valence-corrected chi connectivity index (χ1v) is 4.92. The molecule has 0 saturated heterocycles. The summed E-state index contributed by atoms with van der Waals surface area (Å²) >= 11 is 4.44. The van der Waals surface area contributed by atoms with Crippen molar-refractivity contribution < 1.29 is 8.78 Å². The maximum Gasteiger partial charge on any atom is 0.286 e. The molecule has 2 N–H and O–H groups in total. The SMILES string of the molecule is Cc1sc(Br)cc1C(F)(F)CN. The molecule has 1 aromatic heterocycles. The Morgan fingerprint density at radius 1 is 1.67 bits per heavy atom. The van der Waals surface area contributed by atoms with Crippen LogP contribution in [0.1, 0.15) is 10.4 Å². The Bertz CT molecular complexity index is 285. The van der Waals surface area contributed by atoms with Gasteiger partial charge in [0.15, 0.2) is 0 Å². The van der Waals surface area contributed by atoms with E-state index in [0.717, 1.165) is 0 Å². The van der Waals surface area contributed by atoms with E-state index >= 15 is 0 Å². The normalized spacial score (nSPS) is 12.1. The van der Waals surface area contributed by atoms with Crippen LogP contribution in [0.5, 0.6) is 0 Å². The van der Waals surface area contributed by atoms with E-state index in [4.69, 9.17) is 5.73 Å². The highest BCUT2D eigenvalue weighted by Gasteiger charge is 2.32. The second-order valence-electron chi connectivity index (χ2n) is 2.43. The summed E-state index contributed by atoms with van der Waals surface area (Å²) in [6, 6.07) is 1.42. The highest BCUT2D eigenvalue weighted by atomic mass is 79.9. The van der Waals surface area contributed by atoms with Crippen molar-refractivity contribution in [3.63, 3.8) is 0 Å². The van der Waals surface area contributed by atoms with E-state index in [1.807, 2.05) is 0 Å². The van der Waals surface area contributed by atoms with E-state index in [1.54, 1.807) is 6.92 Å². The van der Waals surface area contributed by atoms with Crippen molar-refractivity contribution in [2.75, 3.05) is 6.54 Å². The number of aryl methyl sites for hydroxylation is 1. The molecular formula is C7H8BrF2NS. The Balaban J connectivity index is 3.09. The van der Waals surface area contributed by atoms with Gasteiger partial charge in [-0.15, -0.1) is 11.3 Å². The van der Waals surface area contributed by atoms with Crippen LogP contribution in [-0.2, 0) is 5.92 Å². The van der Waals surface area contributed by atoms with Crippen molar-refractivity contribution in [1.29, 1.82) is 0 Å². The van der Waals surface area contributed by atoms with Gasteiger partial charge in [-0.1, -0.05) is 0 Å². The van der Waals surface area contributed by atoms with Gasteiger partial charge in [0.25, 0.3) is 5.92 Å². The standard InChI is InChI=1S/C7H8BrF2NS/c1-4-5(2-6(8)12-4)7(9,10)3-11/h2H,3,11H2,1H3. The summed E-state index contributed by atoms with van der Waals surface area (Å²) in [6.45, 7) is 1.02. The predicted molar refractivity (Wildman–Crippen MR) is 49.7 cm³/mol. The summed E-state index contributed by atoms with van der Waals surface area (Å²) in [4.78, 5) is 0.609. The van der Waals surface area contributed by atoms with Crippen LogP contribution in [-0.4, -0.2) is 6.54 Å². The molecule has 1 nitrogen and oxygen atoms in total. The van der Waals surface area contributed by atoms with E-state index in [9.17, 15) is 8.78 Å². The van der Waals surface area contributed by atoms with Gasteiger partial charge in [-0.2, -0.15) is 8.78 Å². The van der Waals surface area contributed by atoms with Crippen molar-refractivity contribution >= 4 is 27.3 Å². The number of rotatable bonds is 2. The molecule has 0 bridgehead atoms. The minimum Gasteiger partial charge on any atom is -0.325 e. The zero-order chi connectivity index (χ0) is 9.35. The summed E-state index contributed by atoms with van der Waals surface area (Å²) in [5.74, 6) is -2.90. The third kappa shape index (κ3) is 1.84. The molecule has 0 atom stereocenters. The van der Waals surface area contributed by atoms with Crippen LogP contribution in [0.25, 0.3) is 0 Å². The Kier molecular flexibility index (Phi) is 2.85. The summed E-state index contributed by atoms with van der Waals surface area (Å²) in [6.07, 6.45) is 0. The highest BCUT2D eigenvalue weighted by Crippen LogP contribution is 2.36. The number of nitrogens with two attached hydrogens (primary N) is 1. The first-order valence-electron chi connectivity index (χ1n) is 3.31. The van der Waals surface area contributed by atoms with Crippen molar-refractivity contribution in [2.45, 2.75) is 12.8 Å². The Labute approximate surface area is 81.7 Å². The summed E-state index contributed by atoms with van der Waals surface area (Å²) in [7, 11) is 0. The first kappa shape index (κ1) is 10.1. The van der Waals surface area contributed by atoms with E-state index in [0.29, 0.717) is 8.66 Å². The lowest BCUT2D eigenvalue weighted by Gasteiger charge is -2.12. The van der Waals surface area contributed by atoms with Gasteiger partial charge >= 0.3 is 0 Å². The smallest absolute Gasteiger partial charge is 0.286 e. The molecule has 0 amide bonds. The molecular weight excluding hydrogens is 248 g/mol. The van der Waals surface area contributed by atoms with Gasteiger partial charge in [0.1, 0.15) is 0 Å². The van der Waals surface area contributed by atoms with E-state index in [1.165, 1.54) is 17.4 Å². The molecule has 0 aromatic carbocycles. The molecule has 0 fully saturated rings. The molecule has 12 heavy (non-hydrogen) atoms. The van der Waals surface area contributed by atoms with Gasteiger partial charge in [-0.05, 0) is 28.9 Å². The highest BCUT2D eigenvalue weighted by molar-refractivity contribution is 9.11. The second-order valence-corrected chi connectivity index (χ2v) is 5.06. The fourth-order valence-corrected chi connectivity index (χ4v) is 2.66. The molecule has 5 heteroatoms. The number of halogens is 3. The lowest BCUT2D eigenvalue weighted by molar-refractivity contribution is 0.00580. The van der Waals surface area contributed by atoms with Crippen molar-refractivity contribution in [2.24, 2.45) is 5.73 Å². The number of hydrogen-bond donors (Lipinski definition) is 1. The largest absolute Gasteiger partial charge is 0.325 e. The summed E-state index contributed by atoms with van der Waals surface area (Å²) in [5, 5.41) is 0. The van der Waals surface area contributed by atoms with Crippen molar-refractivity contribution in [3.05, 3.63) is 20.3 Å². The maximum atomic E-state index is 13.0. The molecule has 68 valence electrons. The van der Waals surface area contributed by atoms with Gasteiger partial charge in [-0.25, -0.2) is 0 Å². The Hall–Kier alpha value is -0.0000000000000000763. The number of thiophene rings is 1. The first-order chi connectivity index (χ1) is 5.47. The van der Waals surface area contributed by atoms with Gasteiger partial charge in [0.2, 0.25) is 0 Å². The average Bonchev–Trinajstić information content (AvgIpc) is 2.31. The van der Waals surface area contributed by atoms with E-state index < -0.39 is 12.5 Å². The molecule has 0 radical (unpaired) electrons. The minimum absolute atomic E-state index is 0.0295. The average molecular weight is 256 g/mol. The van der Waals surface area contributed by atoms with Gasteiger partial charge in [0.05, 0.1) is 10.3 Å². The molecule has 1 heterocycles. The zero-order valence-electron chi connectivity index (χ0n) is 6.40. The molecule has 0 aliphatic heterocycles. The van der Waals surface area contributed by atoms with Crippen LogP contribution in [0.4, 0.5) is 8.78 Å². The minimum atomic E-state index is -2.90. The van der Waals surface area contributed by atoms with Crippen LogP contribution < -0.4 is 5.73 Å². The van der Waals surface area contributed by atoms with E-state index in [2.05, 4.69) is 15.9 Å². The zero-order valence-corrected chi connectivity index (χ0v) is 8.81. The Morgan fingerprint density at radius 2 is 2.25 bits per heavy atom. The lowest BCUT2D eigenvalue weighted by Crippen LogP contribution is -2.25. The molecule has 0 unspecified atom stereocenters. The molecule has 0 spiro atoms. The fraction of sp³-hybridized carbons (Fsp3) is 0.429. The van der Waals surface area contributed by atoms with Gasteiger partial charge in [-0.3, -0.25) is 0 Å². The molecule has 1 rings (SSSR count). The number of alkyl halides is 2. The van der Waals surface area contributed by atoms with Crippen LogP contribution in [0.2, 0.25) is 0 Å². The third-order valence-electron chi connectivity index (χ3n) is 1.54. The third-order valence-corrected chi connectivity index (χ3v) is 3.09. The van der Waals surface area contributed by atoms with Crippen molar-refractivity contribution in [1.82, 2.24) is 0 Å².